The van der Waals surface area contributed by atoms with Crippen molar-refractivity contribution in [1.29, 1.82) is 0 Å². The molecule has 0 saturated carbocycles. The van der Waals surface area contributed by atoms with Crippen molar-refractivity contribution in [3.05, 3.63) is 40.9 Å². The molecule has 80 valence electrons. The summed E-state index contributed by atoms with van der Waals surface area (Å²) in [6.07, 6.45) is 5.59. The largest absolute Gasteiger partial charge is 0.481 e. The highest BCUT2D eigenvalue weighted by atomic mass is 35.5. The molecule has 0 heterocycles. The van der Waals surface area contributed by atoms with Gasteiger partial charge < -0.3 is 5.11 Å². The van der Waals surface area contributed by atoms with Crippen LogP contribution >= 0.6 is 11.6 Å². The fraction of sp³-hybridized carbons (Fsp3) is 0.250. The van der Waals surface area contributed by atoms with Crippen LogP contribution < -0.4 is 0 Å². The van der Waals surface area contributed by atoms with E-state index in [0.29, 0.717) is 11.4 Å². The van der Waals surface area contributed by atoms with Crippen LogP contribution in [0.5, 0.6) is 0 Å². The van der Waals surface area contributed by atoms with Crippen LogP contribution in [0.1, 0.15) is 24.8 Å². The minimum absolute atomic E-state index is 0.222. The Kier molecular flexibility index (Phi) is 4.91. The summed E-state index contributed by atoms with van der Waals surface area (Å²) in [5, 5.41) is 9.14. The Bertz CT molecular complexity index is 358. The first-order valence-corrected chi connectivity index (χ1v) is 5.20. The molecule has 0 aromatic heterocycles. The summed E-state index contributed by atoms with van der Waals surface area (Å²) in [6, 6.07) is 7.54. The molecule has 0 unspecified atom stereocenters. The van der Waals surface area contributed by atoms with Crippen molar-refractivity contribution < 1.29 is 9.90 Å². The average Bonchev–Trinajstić information content (AvgIpc) is 2.17. The van der Waals surface area contributed by atoms with Crippen LogP contribution in [0.3, 0.4) is 0 Å². The lowest BCUT2D eigenvalue weighted by Gasteiger charge is -1.94. The van der Waals surface area contributed by atoms with Crippen LogP contribution in [0.15, 0.2) is 30.3 Å². The highest BCUT2D eigenvalue weighted by Gasteiger charge is 1.93. The van der Waals surface area contributed by atoms with E-state index >= 15 is 0 Å². The number of carbonyl (C=O) groups is 1. The minimum Gasteiger partial charge on any atom is -0.481 e. The normalized spacial score (nSPS) is 10.7. The predicted octanol–water partition coefficient (Wildman–Crippen LogP) is 3.61. The number of carboxylic acid groups (broad SMARTS) is 1. The van der Waals surface area contributed by atoms with Crippen molar-refractivity contribution in [3.8, 4) is 0 Å². The van der Waals surface area contributed by atoms with E-state index in [4.69, 9.17) is 16.7 Å². The molecule has 0 saturated heterocycles. The SMILES string of the molecule is O=C(O)CCC/C=C/c1cccc(Cl)c1. The van der Waals surface area contributed by atoms with Gasteiger partial charge in [-0.25, -0.2) is 0 Å². The van der Waals surface area contributed by atoms with Gasteiger partial charge in [-0.05, 0) is 30.5 Å². The Balaban J connectivity index is 2.35. The van der Waals surface area contributed by atoms with Gasteiger partial charge in [0.15, 0.2) is 0 Å². The highest BCUT2D eigenvalue weighted by molar-refractivity contribution is 6.30. The molecule has 0 aliphatic heterocycles. The van der Waals surface area contributed by atoms with E-state index in [1.54, 1.807) is 0 Å². The summed E-state index contributed by atoms with van der Waals surface area (Å²) in [4.78, 5) is 10.2. The number of allylic oxidation sites excluding steroid dienone is 1. The first-order chi connectivity index (χ1) is 7.18. The third kappa shape index (κ3) is 5.23. The molecular formula is C12H13ClO2. The zero-order chi connectivity index (χ0) is 11.1. The van der Waals surface area contributed by atoms with Crippen molar-refractivity contribution >= 4 is 23.6 Å². The molecule has 0 amide bonds. The lowest BCUT2D eigenvalue weighted by Crippen LogP contribution is -1.92. The second-order valence-electron chi connectivity index (χ2n) is 3.24. The second-order valence-corrected chi connectivity index (χ2v) is 3.68. The molecule has 0 spiro atoms. The molecular weight excluding hydrogens is 212 g/mol. The smallest absolute Gasteiger partial charge is 0.303 e. The molecule has 0 aliphatic carbocycles. The Labute approximate surface area is 94.2 Å². The summed E-state index contributed by atoms with van der Waals surface area (Å²) < 4.78 is 0. The van der Waals surface area contributed by atoms with E-state index in [1.165, 1.54) is 0 Å². The van der Waals surface area contributed by atoms with E-state index in [1.807, 2.05) is 36.4 Å². The number of hydrogen-bond acceptors (Lipinski definition) is 1. The van der Waals surface area contributed by atoms with Gasteiger partial charge in [0.1, 0.15) is 0 Å². The molecule has 1 N–H and O–H groups in total. The van der Waals surface area contributed by atoms with Crippen LogP contribution in [0.25, 0.3) is 6.08 Å². The van der Waals surface area contributed by atoms with Gasteiger partial charge in [-0.15, -0.1) is 0 Å². The highest BCUT2D eigenvalue weighted by Crippen LogP contribution is 2.12. The predicted molar refractivity (Wildman–Crippen MR) is 62.0 cm³/mol. The zero-order valence-corrected chi connectivity index (χ0v) is 9.07. The fourth-order valence-electron chi connectivity index (χ4n) is 1.20. The summed E-state index contributed by atoms with van der Waals surface area (Å²) >= 11 is 5.81. The number of benzene rings is 1. The summed E-state index contributed by atoms with van der Waals surface area (Å²) in [7, 11) is 0. The molecule has 0 fully saturated rings. The Hall–Kier alpha value is -1.28. The zero-order valence-electron chi connectivity index (χ0n) is 8.32. The first kappa shape index (κ1) is 11.8. The van der Waals surface area contributed by atoms with E-state index in [0.717, 1.165) is 12.0 Å². The van der Waals surface area contributed by atoms with E-state index < -0.39 is 5.97 Å². The Morgan fingerprint density at radius 2 is 2.27 bits per heavy atom. The lowest BCUT2D eigenvalue weighted by molar-refractivity contribution is -0.137. The molecule has 1 rings (SSSR count). The Morgan fingerprint density at radius 1 is 1.47 bits per heavy atom. The van der Waals surface area contributed by atoms with Crippen molar-refractivity contribution in [1.82, 2.24) is 0 Å². The maximum Gasteiger partial charge on any atom is 0.303 e. The number of unbranched alkanes of at least 4 members (excludes halogenated alkanes) is 1. The van der Waals surface area contributed by atoms with E-state index in [-0.39, 0.29) is 6.42 Å². The van der Waals surface area contributed by atoms with Crippen LogP contribution in [0, 0.1) is 0 Å². The van der Waals surface area contributed by atoms with Crippen molar-refractivity contribution in [3.63, 3.8) is 0 Å². The van der Waals surface area contributed by atoms with Gasteiger partial charge in [0.2, 0.25) is 0 Å². The number of aliphatic carboxylic acids is 1. The first-order valence-electron chi connectivity index (χ1n) is 4.82. The lowest BCUT2D eigenvalue weighted by atomic mass is 10.1. The average molecular weight is 225 g/mol. The van der Waals surface area contributed by atoms with Gasteiger partial charge in [0.05, 0.1) is 0 Å². The van der Waals surface area contributed by atoms with Gasteiger partial charge in [0, 0.05) is 11.4 Å². The summed E-state index contributed by atoms with van der Waals surface area (Å²) in [5.74, 6) is -0.744. The maximum absolute atomic E-state index is 10.2. The summed E-state index contributed by atoms with van der Waals surface area (Å²) in [6.45, 7) is 0. The van der Waals surface area contributed by atoms with Gasteiger partial charge in [-0.2, -0.15) is 0 Å². The monoisotopic (exact) mass is 224 g/mol. The van der Waals surface area contributed by atoms with Gasteiger partial charge in [-0.3, -0.25) is 4.79 Å². The molecule has 1 aromatic carbocycles. The molecule has 0 bridgehead atoms. The van der Waals surface area contributed by atoms with Crippen molar-refractivity contribution in [2.24, 2.45) is 0 Å². The fourth-order valence-corrected chi connectivity index (χ4v) is 1.40. The van der Waals surface area contributed by atoms with E-state index in [9.17, 15) is 4.79 Å². The molecule has 3 heteroatoms. The van der Waals surface area contributed by atoms with Crippen LogP contribution in [-0.2, 0) is 4.79 Å². The third-order valence-electron chi connectivity index (χ3n) is 1.92. The number of carboxylic acids is 1. The molecule has 2 nitrogen and oxygen atoms in total. The van der Waals surface area contributed by atoms with Gasteiger partial charge in [-0.1, -0.05) is 35.9 Å². The number of halogens is 1. The Morgan fingerprint density at radius 3 is 2.93 bits per heavy atom. The van der Waals surface area contributed by atoms with Gasteiger partial charge >= 0.3 is 5.97 Å². The summed E-state index contributed by atoms with van der Waals surface area (Å²) in [5.41, 5.74) is 1.04. The second kappa shape index (κ2) is 6.25. The topological polar surface area (TPSA) is 37.3 Å². The van der Waals surface area contributed by atoms with Crippen molar-refractivity contribution in [2.45, 2.75) is 19.3 Å². The third-order valence-corrected chi connectivity index (χ3v) is 2.16. The number of rotatable bonds is 5. The maximum atomic E-state index is 10.2. The van der Waals surface area contributed by atoms with Crippen LogP contribution in [0.4, 0.5) is 0 Å². The van der Waals surface area contributed by atoms with E-state index in [2.05, 4.69) is 0 Å². The molecule has 1 aromatic rings. The molecule has 0 aliphatic rings. The van der Waals surface area contributed by atoms with Crippen LogP contribution in [0.2, 0.25) is 5.02 Å². The van der Waals surface area contributed by atoms with Crippen molar-refractivity contribution in [2.75, 3.05) is 0 Å². The standard InChI is InChI=1S/C12H13ClO2/c13-11-7-4-6-10(9-11)5-2-1-3-8-12(14)15/h2,4-7,9H,1,3,8H2,(H,14,15)/b5-2+. The molecule has 0 atom stereocenters. The quantitative estimate of drug-likeness (QED) is 0.776. The molecule has 0 radical (unpaired) electrons. The molecule has 15 heavy (non-hydrogen) atoms. The van der Waals surface area contributed by atoms with Crippen LogP contribution in [-0.4, -0.2) is 11.1 Å². The number of hydrogen-bond donors (Lipinski definition) is 1. The minimum atomic E-state index is -0.744. The van der Waals surface area contributed by atoms with Gasteiger partial charge in [0.25, 0.3) is 0 Å².